The maximum atomic E-state index is 14.1. The van der Waals surface area contributed by atoms with E-state index >= 15 is 0 Å². The zero-order chi connectivity index (χ0) is 39.8. The molecule has 0 radical (unpaired) electrons. The molecule has 3 heterocycles. The Labute approximate surface area is 308 Å². The molecule has 0 aliphatic carbocycles. The average Bonchev–Trinajstić information content (AvgIpc) is 3.06. The molecule has 0 bridgehead atoms. The molecule has 15 nitrogen and oxygen atoms in total. The lowest BCUT2D eigenvalue weighted by Crippen LogP contribution is -2.64. The van der Waals surface area contributed by atoms with Crippen LogP contribution in [0.2, 0.25) is 0 Å². The highest BCUT2D eigenvalue weighted by atomic mass is 16.7. The van der Waals surface area contributed by atoms with E-state index in [-0.39, 0.29) is 19.3 Å². The number of cyclic esters (lactones) is 1. The van der Waals surface area contributed by atoms with Crippen LogP contribution in [0.5, 0.6) is 0 Å². The average molecular weight is 750 g/mol. The Morgan fingerprint density at radius 3 is 1.96 bits per heavy atom. The summed E-state index contributed by atoms with van der Waals surface area (Å²) in [4.78, 5) is 29.5. The molecule has 52 heavy (non-hydrogen) atoms. The lowest BCUT2D eigenvalue weighted by molar-refractivity contribution is -0.327. The largest absolute Gasteiger partial charge is 0.459 e. The number of ketones is 1. The van der Waals surface area contributed by atoms with Crippen LogP contribution in [0.4, 0.5) is 0 Å². The molecule has 0 saturated carbocycles. The number of hydrogen-bond acceptors (Lipinski definition) is 15. The number of nitrogens with zero attached hydrogens (tertiary/aromatic N) is 1. The molecular weight excluding hydrogens is 682 g/mol. The first-order valence-electron chi connectivity index (χ1n) is 18.6. The van der Waals surface area contributed by atoms with Crippen molar-refractivity contribution in [1.29, 1.82) is 0 Å². The number of methoxy groups -OCH3 is 1. The predicted octanol–water partition coefficient (Wildman–Crippen LogP) is 0.756. The highest BCUT2D eigenvalue weighted by molar-refractivity contribution is 5.83. The van der Waals surface area contributed by atoms with Crippen molar-refractivity contribution in [2.75, 3.05) is 21.2 Å². The lowest BCUT2D eigenvalue weighted by atomic mass is 9.74. The van der Waals surface area contributed by atoms with Gasteiger partial charge < -0.3 is 64.0 Å². The van der Waals surface area contributed by atoms with Crippen LogP contribution in [0.15, 0.2) is 0 Å². The fourth-order valence-corrected chi connectivity index (χ4v) is 8.49. The summed E-state index contributed by atoms with van der Waals surface area (Å²) in [6.07, 6.45) is -12.6. The normalized spacial score (nSPS) is 50.5. The highest BCUT2D eigenvalue weighted by Gasteiger charge is 2.54. The number of hydrogen-bond donors (Lipinski definition) is 6. The van der Waals surface area contributed by atoms with Crippen molar-refractivity contribution in [2.45, 2.75) is 179 Å². The second-order valence-corrected chi connectivity index (χ2v) is 16.5. The van der Waals surface area contributed by atoms with Gasteiger partial charge in [-0.1, -0.05) is 27.7 Å². The Balaban J connectivity index is 2.20. The summed E-state index contributed by atoms with van der Waals surface area (Å²) in [6.45, 7) is 15.8. The molecule has 19 atom stereocenters. The van der Waals surface area contributed by atoms with Gasteiger partial charge in [-0.2, -0.15) is 0 Å². The van der Waals surface area contributed by atoms with Gasteiger partial charge in [0.05, 0.1) is 59.8 Å². The molecule has 0 amide bonds. The number of aliphatic hydroxyl groups excluding tert-OH is 4. The fourth-order valence-electron chi connectivity index (χ4n) is 8.49. The molecule has 304 valence electrons. The minimum absolute atomic E-state index is 0.0637. The van der Waals surface area contributed by atoms with Crippen LogP contribution in [-0.2, 0) is 38.0 Å². The van der Waals surface area contributed by atoms with Crippen molar-refractivity contribution < 1.29 is 68.6 Å². The van der Waals surface area contributed by atoms with Crippen LogP contribution < -0.4 is 0 Å². The van der Waals surface area contributed by atoms with E-state index in [1.165, 1.54) is 27.9 Å². The van der Waals surface area contributed by atoms with Crippen LogP contribution >= 0.6 is 0 Å². The van der Waals surface area contributed by atoms with Crippen LogP contribution in [-0.4, -0.2) is 159 Å². The van der Waals surface area contributed by atoms with Crippen LogP contribution in [0.25, 0.3) is 0 Å². The number of Topliss-reactive ketones (excluding diaryl/α,β-unsaturated/α-hetero) is 1. The van der Waals surface area contributed by atoms with Crippen LogP contribution in [0.1, 0.15) is 88.5 Å². The summed E-state index contributed by atoms with van der Waals surface area (Å²) >= 11 is 0. The van der Waals surface area contributed by atoms with E-state index in [1.807, 2.05) is 0 Å². The van der Waals surface area contributed by atoms with Gasteiger partial charge >= 0.3 is 5.97 Å². The van der Waals surface area contributed by atoms with Gasteiger partial charge in [-0.15, -0.1) is 0 Å². The van der Waals surface area contributed by atoms with Gasteiger partial charge in [-0.3, -0.25) is 9.59 Å². The Morgan fingerprint density at radius 2 is 1.42 bits per heavy atom. The number of esters is 1. The Hall–Kier alpha value is -1.34. The van der Waals surface area contributed by atoms with E-state index in [9.17, 15) is 40.2 Å². The lowest BCUT2D eigenvalue weighted by Gasteiger charge is -2.49. The summed E-state index contributed by atoms with van der Waals surface area (Å²) < 4.78 is 36.8. The molecule has 3 fully saturated rings. The van der Waals surface area contributed by atoms with E-state index < -0.39 is 126 Å². The monoisotopic (exact) mass is 749 g/mol. The molecule has 1 unspecified atom stereocenters. The molecule has 3 rings (SSSR count). The number of carbonyl (C=O) groups excluding carboxylic acids is 2. The molecule has 0 aromatic rings. The Bertz CT molecular complexity index is 1200. The quantitative estimate of drug-likeness (QED) is 0.198. The summed E-state index contributed by atoms with van der Waals surface area (Å²) in [5.74, 6) is -5.23. The minimum Gasteiger partial charge on any atom is -0.459 e. The first-order valence-corrected chi connectivity index (χ1v) is 18.6. The first-order chi connectivity index (χ1) is 23.9. The van der Waals surface area contributed by atoms with Gasteiger partial charge in [0.25, 0.3) is 0 Å². The standard InChI is InChI=1S/C37H67NO14/c1-14-23-37(10,46)30(42)18(3)26(39)17(2)15-35(8,45)32(52-34-28(41)25(38(11)12)27(40)21(6)49-34)19(4)29(20(5)33(44)50-23)51-24-16-36(9,47-13)31(43)22(7)48-24/h17-25,27-32,34,40-43,45-46H,14-16H2,1-13H3/t17-,18+,19+,20-,21-,22+,23-,24+,25+,27?,28-,29+,30-,31+,32-,34+,35-,36-,37-/m1/s1. The van der Waals surface area contributed by atoms with Crippen molar-refractivity contribution in [3.63, 3.8) is 0 Å². The van der Waals surface area contributed by atoms with Crippen molar-refractivity contribution in [2.24, 2.45) is 23.7 Å². The number of aliphatic hydroxyl groups is 6. The topological polar surface area (TPSA) is 214 Å². The molecule has 3 saturated heterocycles. The molecule has 0 spiro atoms. The van der Waals surface area contributed by atoms with Gasteiger partial charge in [-0.05, 0) is 68.5 Å². The van der Waals surface area contributed by atoms with Gasteiger partial charge in [-0.25, -0.2) is 0 Å². The third-order valence-corrected chi connectivity index (χ3v) is 12.0. The molecule has 3 aliphatic rings. The second kappa shape index (κ2) is 17.2. The molecule has 3 aliphatic heterocycles. The zero-order valence-corrected chi connectivity index (χ0v) is 33.3. The van der Waals surface area contributed by atoms with Crippen molar-refractivity contribution in [3.05, 3.63) is 0 Å². The van der Waals surface area contributed by atoms with Crippen molar-refractivity contribution in [3.8, 4) is 0 Å². The molecule has 0 aromatic heterocycles. The van der Waals surface area contributed by atoms with E-state index in [4.69, 9.17) is 28.4 Å². The van der Waals surface area contributed by atoms with E-state index in [0.717, 1.165) is 0 Å². The first kappa shape index (κ1) is 45.1. The van der Waals surface area contributed by atoms with Crippen LogP contribution in [0.3, 0.4) is 0 Å². The second-order valence-electron chi connectivity index (χ2n) is 16.5. The molecule has 6 N–H and O–H groups in total. The number of carbonyl (C=O) groups is 2. The molecular formula is C37H67NO14. The maximum absolute atomic E-state index is 14.1. The third kappa shape index (κ3) is 9.19. The number of ether oxygens (including phenoxy) is 6. The maximum Gasteiger partial charge on any atom is 0.311 e. The SMILES string of the molecule is CC[C@H]1OC(=O)[C@H](C)[C@@H](O[C@H]2C[C@@](C)(OC)[C@@H](O)[C@H](C)O2)[C@H](C)[C@@H](O[C@@H]2O[C@H](C)C(O)[C@H](N(C)C)[C@H]2O)[C@](C)(O)C[C@@H](C)C(=O)[C@H](C)[C@@H](O)[C@]1(C)O. The number of rotatable bonds is 7. The smallest absolute Gasteiger partial charge is 0.311 e. The van der Waals surface area contributed by atoms with E-state index in [1.54, 1.807) is 67.5 Å². The Morgan fingerprint density at radius 1 is 0.827 bits per heavy atom. The van der Waals surface area contributed by atoms with Gasteiger partial charge in [0, 0.05) is 31.3 Å². The highest BCUT2D eigenvalue weighted by Crippen LogP contribution is 2.40. The van der Waals surface area contributed by atoms with Crippen LogP contribution in [0, 0.1) is 23.7 Å². The minimum atomic E-state index is -2.02. The van der Waals surface area contributed by atoms with Crippen molar-refractivity contribution in [1.82, 2.24) is 4.90 Å². The third-order valence-electron chi connectivity index (χ3n) is 12.0. The Kier molecular flexibility index (Phi) is 14.9. The molecule has 0 aromatic carbocycles. The van der Waals surface area contributed by atoms with Crippen molar-refractivity contribution >= 4 is 11.8 Å². The number of likely N-dealkylation sites (N-methyl/N-ethyl adjacent to an activating group) is 1. The summed E-state index contributed by atoms with van der Waals surface area (Å²) in [7, 11) is 4.86. The summed E-state index contributed by atoms with van der Waals surface area (Å²) in [5, 5.41) is 68.5. The summed E-state index contributed by atoms with van der Waals surface area (Å²) in [5.41, 5.74) is -4.96. The zero-order valence-electron chi connectivity index (χ0n) is 33.3. The van der Waals surface area contributed by atoms with E-state index in [2.05, 4.69) is 0 Å². The van der Waals surface area contributed by atoms with E-state index in [0.29, 0.717) is 0 Å². The fraction of sp³-hybridized carbons (Fsp3) is 0.946. The van der Waals surface area contributed by atoms with Gasteiger partial charge in [0.15, 0.2) is 12.6 Å². The predicted molar refractivity (Wildman–Crippen MR) is 188 cm³/mol. The molecule has 15 heteroatoms. The summed E-state index contributed by atoms with van der Waals surface area (Å²) in [6, 6.07) is -0.801. The van der Waals surface area contributed by atoms with Gasteiger partial charge in [0.1, 0.15) is 29.7 Å². The van der Waals surface area contributed by atoms with Gasteiger partial charge in [0.2, 0.25) is 0 Å².